The van der Waals surface area contributed by atoms with Gasteiger partial charge in [-0.25, -0.2) is 9.59 Å². The van der Waals surface area contributed by atoms with Crippen LogP contribution >= 0.6 is 15.9 Å². The third-order valence-corrected chi connectivity index (χ3v) is 4.58. The minimum atomic E-state index is -1.14. The Kier molecular flexibility index (Phi) is 7.55. The van der Waals surface area contributed by atoms with E-state index in [9.17, 15) is 19.5 Å². The fourth-order valence-electron chi connectivity index (χ4n) is 2.59. The molecule has 0 radical (unpaired) electrons. The summed E-state index contributed by atoms with van der Waals surface area (Å²) in [5.41, 5.74) is 1.25. The van der Waals surface area contributed by atoms with E-state index in [1.165, 1.54) is 19.1 Å². The van der Waals surface area contributed by atoms with Gasteiger partial charge < -0.3 is 14.9 Å². The molecule has 0 saturated heterocycles. The molecule has 8 heteroatoms. The number of ketones is 1. The van der Waals surface area contributed by atoms with Crippen molar-refractivity contribution in [3.05, 3.63) is 70.2 Å². The molecule has 29 heavy (non-hydrogen) atoms. The Morgan fingerprint density at radius 2 is 1.79 bits per heavy atom. The highest BCUT2D eigenvalue weighted by molar-refractivity contribution is 9.10. The van der Waals surface area contributed by atoms with Gasteiger partial charge in [-0.15, -0.1) is 0 Å². The number of hydrogen-bond acceptors (Lipinski definition) is 5. The fourth-order valence-corrected chi connectivity index (χ4v) is 2.97. The molecule has 0 heterocycles. The van der Waals surface area contributed by atoms with Crippen molar-refractivity contribution in [1.29, 1.82) is 0 Å². The molecule has 2 aromatic carbocycles. The van der Waals surface area contributed by atoms with Gasteiger partial charge in [-0.3, -0.25) is 10.1 Å². The maximum Gasteiger partial charge on any atom is 0.412 e. The zero-order valence-corrected chi connectivity index (χ0v) is 17.3. The monoisotopic (exact) mass is 461 g/mol. The number of carbonyl (C=O) groups is 3. The van der Waals surface area contributed by atoms with Crippen LogP contribution in [0.2, 0.25) is 0 Å². The third-order valence-electron chi connectivity index (χ3n) is 4.09. The Hall–Kier alpha value is -3.13. The molecule has 0 aliphatic carbocycles. The van der Waals surface area contributed by atoms with Crippen LogP contribution in [0, 0.1) is 5.92 Å². The second kappa shape index (κ2) is 9.88. The molecule has 2 atom stereocenters. The highest BCUT2D eigenvalue weighted by atomic mass is 79.9. The molecule has 0 unspecified atom stereocenters. The van der Waals surface area contributed by atoms with Crippen molar-refractivity contribution in [2.24, 2.45) is 5.92 Å². The summed E-state index contributed by atoms with van der Waals surface area (Å²) in [6.07, 6.45) is 0.594. The van der Waals surface area contributed by atoms with Crippen LogP contribution in [0.25, 0.3) is 0 Å². The number of carboxylic acids is 1. The molecule has 0 aromatic heterocycles. The second-order valence-electron chi connectivity index (χ2n) is 6.34. The van der Waals surface area contributed by atoms with Gasteiger partial charge in [-0.1, -0.05) is 28.9 Å². The number of phenolic OH excluding ortho intramolecular Hbond substituents is 1. The number of amides is 1. The lowest BCUT2D eigenvalue weighted by Crippen LogP contribution is -2.21. The van der Waals surface area contributed by atoms with Gasteiger partial charge in [0.25, 0.3) is 0 Å². The molecule has 2 rings (SSSR count). The summed E-state index contributed by atoms with van der Waals surface area (Å²) in [6, 6.07) is 11.0. The van der Waals surface area contributed by atoms with Crippen molar-refractivity contribution in [2.45, 2.75) is 20.0 Å². The number of hydrogen-bond donors (Lipinski definition) is 3. The number of ether oxygens (including phenoxy) is 1. The summed E-state index contributed by atoms with van der Waals surface area (Å²) >= 11 is 3.31. The van der Waals surface area contributed by atoms with Crippen molar-refractivity contribution in [1.82, 2.24) is 0 Å². The van der Waals surface area contributed by atoms with Gasteiger partial charge >= 0.3 is 12.1 Å². The molecule has 2 aromatic rings. The van der Waals surface area contributed by atoms with Gasteiger partial charge in [0.05, 0.1) is 0 Å². The zero-order valence-electron chi connectivity index (χ0n) is 15.8. The maximum absolute atomic E-state index is 12.4. The van der Waals surface area contributed by atoms with E-state index in [4.69, 9.17) is 9.84 Å². The molecule has 7 nitrogen and oxygen atoms in total. The number of carbonyl (C=O) groups excluding carboxylic acids is 2. The van der Waals surface area contributed by atoms with E-state index in [1.54, 1.807) is 43.3 Å². The zero-order chi connectivity index (χ0) is 21.6. The molecule has 0 aliphatic heterocycles. The Balaban J connectivity index is 2.24. The Morgan fingerprint density at radius 3 is 2.38 bits per heavy atom. The van der Waals surface area contributed by atoms with Crippen molar-refractivity contribution in [2.75, 3.05) is 5.32 Å². The summed E-state index contributed by atoms with van der Waals surface area (Å²) in [5.74, 6) is -1.86. The van der Waals surface area contributed by atoms with E-state index in [2.05, 4.69) is 21.2 Å². The number of halogens is 1. The standard InChI is InChI=1S/C21H20BrNO6/c1-12(3-10-19(26)27)20(17-11-15(22)6-9-18(17)25)29-21(28)23-16-7-4-14(5-8-16)13(2)24/h3-12,20,25H,1-2H3,(H,23,28)(H,26,27)/b10-3+/t12-,20-/m1/s1. The number of anilines is 1. The molecule has 0 saturated carbocycles. The minimum Gasteiger partial charge on any atom is -0.508 e. The number of rotatable bonds is 7. The Morgan fingerprint density at radius 1 is 1.14 bits per heavy atom. The first kappa shape index (κ1) is 22.2. The lowest BCUT2D eigenvalue weighted by molar-refractivity contribution is -0.131. The van der Waals surface area contributed by atoms with Crippen LogP contribution < -0.4 is 5.32 Å². The van der Waals surface area contributed by atoms with Gasteiger partial charge in [0.1, 0.15) is 11.9 Å². The molecular formula is C21H20BrNO6. The van der Waals surface area contributed by atoms with E-state index < -0.39 is 24.1 Å². The van der Waals surface area contributed by atoms with Crippen LogP contribution in [0.4, 0.5) is 10.5 Å². The number of carboxylic acid groups (broad SMARTS) is 1. The molecule has 0 bridgehead atoms. The van der Waals surface area contributed by atoms with Gasteiger partial charge in [-0.05, 0) is 49.4 Å². The summed E-state index contributed by atoms with van der Waals surface area (Å²) in [7, 11) is 0. The number of benzene rings is 2. The van der Waals surface area contributed by atoms with Crippen molar-refractivity contribution in [3.8, 4) is 5.75 Å². The Labute approximate surface area is 176 Å². The van der Waals surface area contributed by atoms with Crippen LogP contribution in [-0.4, -0.2) is 28.1 Å². The van der Waals surface area contributed by atoms with E-state index in [-0.39, 0.29) is 11.5 Å². The summed E-state index contributed by atoms with van der Waals surface area (Å²) in [5, 5.41) is 21.6. The van der Waals surface area contributed by atoms with E-state index in [0.29, 0.717) is 21.3 Å². The van der Waals surface area contributed by atoms with Gasteiger partial charge in [0.15, 0.2) is 5.78 Å². The lowest BCUT2D eigenvalue weighted by Gasteiger charge is -2.23. The second-order valence-corrected chi connectivity index (χ2v) is 7.26. The van der Waals surface area contributed by atoms with Crippen LogP contribution in [-0.2, 0) is 9.53 Å². The quantitative estimate of drug-likeness (QED) is 0.398. The molecule has 0 aliphatic rings. The summed E-state index contributed by atoms with van der Waals surface area (Å²) in [6.45, 7) is 3.11. The average molecular weight is 462 g/mol. The van der Waals surface area contributed by atoms with E-state index in [1.807, 2.05) is 0 Å². The van der Waals surface area contributed by atoms with E-state index >= 15 is 0 Å². The van der Waals surface area contributed by atoms with Crippen molar-refractivity contribution in [3.63, 3.8) is 0 Å². The molecule has 0 fully saturated rings. The number of phenols is 1. The number of aromatic hydroxyl groups is 1. The predicted molar refractivity (Wildman–Crippen MR) is 111 cm³/mol. The highest BCUT2D eigenvalue weighted by Gasteiger charge is 2.25. The van der Waals surface area contributed by atoms with Gasteiger partial charge in [0.2, 0.25) is 0 Å². The lowest BCUT2D eigenvalue weighted by atomic mass is 9.96. The SMILES string of the molecule is CC(=O)c1ccc(NC(=O)O[C@@H](c2cc(Br)ccc2O)[C@H](C)/C=C/C(=O)O)cc1. The van der Waals surface area contributed by atoms with Crippen molar-refractivity contribution >= 4 is 39.5 Å². The normalized spacial score (nSPS) is 12.9. The van der Waals surface area contributed by atoms with Gasteiger partial charge in [0, 0.05) is 33.3 Å². The summed E-state index contributed by atoms with van der Waals surface area (Å²) < 4.78 is 6.17. The molecule has 1 amide bonds. The summed E-state index contributed by atoms with van der Waals surface area (Å²) in [4.78, 5) is 34.6. The molecule has 0 spiro atoms. The molecule has 3 N–H and O–H groups in total. The van der Waals surface area contributed by atoms with Crippen LogP contribution in [0.3, 0.4) is 0 Å². The Bertz CT molecular complexity index is 939. The first-order chi connectivity index (χ1) is 13.7. The highest BCUT2D eigenvalue weighted by Crippen LogP contribution is 2.35. The first-order valence-corrected chi connectivity index (χ1v) is 9.45. The molecular weight excluding hydrogens is 442 g/mol. The van der Waals surface area contributed by atoms with Gasteiger partial charge in [-0.2, -0.15) is 0 Å². The van der Waals surface area contributed by atoms with E-state index in [0.717, 1.165) is 6.08 Å². The first-order valence-electron chi connectivity index (χ1n) is 8.65. The predicted octanol–water partition coefficient (Wildman–Crippen LogP) is 4.92. The minimum absolute atomic E-state index is 0.0904. The number of Topliss-reactive ketones (excluding diaryl/α,β-unsaturated/α-hetero) is 1. The van der Waals surface area contributed by atoms with Crippen LogP contribution in [0.1, 0.15) is 35.9 Å². The smallest absolute Gasteiger partial charge is 0.412 e. The van der Waals surface area contributed by atoms with Crippen LogP contribution in [0.15, 0.2) is 59.1 Å². The average Bonchev–Trinajstić information content (AvgIpc) is 2.66. The van der Waals surface area contributed by atoms with Crippen molar-refractivity contribution < 1.29 is 29.3 Å². The topological polar surface area (TPSA) is 113 Å². The molecule has 152 valence electrons. The third kappa shape index (κ3) is 6.46. The maximum atomic E-state index is 12.4. The number of aliphatic carboxylic acids is 1. The van der Waals surface area contributed by atoms with Crippen LogP contribution in [0.5, 0.6) is 5.75 Å². The fraction of sp³-hybridized carbons (Fsp3) is 0.190. The number of nitrogens with one attached hydrogen (secondary N) is 1. The largest absolute Gasteiger partial charge is 0.508 e.